The second-order valence-electron chi connectivity index (χ2n) is 12.6. The first-order chi connectivity index (χ1) is 21.8. The van der Waals surface area contributed by atoms with Gasteiger partial charge in [0, 0.05) is 24.4 Å². The summed E-state index contributed by atoms with van der Waals surface area (Å²) in [5.41, 5.74) is 0.857. The Kier molecular flexibility index (Phi) is 12.0. The maximum absolute atomic E-state index is 15.8. The molecule has 0 bridgehead atoms. The molecule has 0 radical (unpaired) electrons. The zero-order valence-corrected chi connectivity index (χ0v) is 28.0. The molecule has 0 saturated heterocycles. The molecule has 2 unspecified atom stereocenters. The normalized spacial score (nSPS) is 13.1. The highest BCUT2D eigenvalue weighted by molar-refractivity contribution is 5.82. The number of amides is 1. The number of methoxy groups -OCH3 is 1. The number of aryl methyl sites for hydroxylation is 2. The molecule has 0 spiro atoms. The Labute approximate surface area is 272 Å². The van der Waals surface area contributed by atoms with Gasteiger partial charge in [-0.2, -0.15) is 13.2 Å². The Hall–Kier alpha value is -4.19. The van der Waals surface area contributed by atoms with Gasteiger partial charge in [0.1, 0.15) is 17.6 Å². The Morgan fingerprint density at radius 3 is 2.28 bits per heavy atom. The minimum absolute atomic E-state index is 0.0415. The highest BCUT2D eigenvalue weighted by atomic mass is 19.4. The standard InChI is InChI=1S/C35H43F4N3O5/c1-19(2)13-28(42-18-23(11-12-41(6)7)26(16-30(42)43)35(37,38)39)34(46)40-27(17-31(44)45)25-15-24(14-21(4)33(25)36)32-20(3)9-10-29(47-8)22(32)5/h9-10,14-16,18-19,27-28H,11-13,17H2,1-8H3,(H,40,46)(H,44,45). The molecule has 3 rings (SSSR count). The van der Waals surface area contributed by atoms with Gasteiger partial charge < -0.3 is 24.6 Å². The third kappa shape index (κ3) is 9.00. The molecule has 256 valence electrons. The van der Waals surface area contributed by atoms with Crippen LogP contribution in [-0.4, -0.2) is 54.2 Å². The summed E-state index contributed by atoms with van der Waals surface area (Å²) in [5.74, 6) is -2.43. The van der Waals surface area contributed by atoms with Crippen molar-refractivity contribution in [1.82, 2.24) is 14.8 Å². The van der Waals surface area contributed by atoms with Crippen molar-refractivity contribution in [1.29, 1.82) is 0 Å². The van der Waals surface area contributed by atoms with Gasteiger partial charge in [0.15, 0.2) is 0 Å². The molecular formula is C35H43F4N3O5. The third-order valence-electron chi connectivity index (χ3n) is 8.12. The summed E-state index contributed by atoms with van der Waals surface area (Å²) in [4.78, 5) is 40.9. The van der Waals surface area contributed by atoms with Crippen LogP contribution >= 0.6 is 0 Å². The molecule has 2 aromatic carbocycles. The van der Waals surface area contributed by atoms with Gasteiger partial charge in [-0.3, -0.25) is 14.4 Å². The topological polar surface area (TPSA) is 101 Å². The molecule has 2 N–H and O–H groups in total. The number of carboxylic acid groups (broad SMARTS) is 1. The van der Waals surface area contributed by atoms with E-state index < -0.39 is 53.5 Å². The van der Waals surface area contributed by atoms with Crippen LogP contribution < -0.4 is 15.6 Å². The van der Waals surface area contributed by atoms with Crippen molar-refractivity contribution in [3.8, 4) is 16.9 Å². The lowest BCUT2D eigenvalue weighted by molar-refractivity contribution is -0.139. The number of aliphatic carboxylic acids is 1. The monoisotopic (exact) mass is 661 g/mol. The number of likely N-dealkylation sites (N-methyl/N-ethyl adjacent to an activating group) is 1. The molecule has 1 aromatic heterocycles. The number of halogens is 4. The lowest BCUT2D eigenvalue weighted by Gasteiger charge is -2.27. The number of nitrogens with zero attached hydrogens (tertiary/aromatic N) is 2. The maximum atomic E-state index is 15.8. The van der Waals surface area contributed by atoms with E-state index in [2.05, 4.69) is 5.32 Å². The number of carbonyl (C=O) groups excluding carboxylic acids is 1. The van der Waals surface area contributed by atoms with Gasteiger partial charge in [0.2, 0.25) is 5.91 Å². The highest BCUT2D eigenvalue weighted by Gasteiger charge is 2.36. The largest absolute Gasteiger partial charge is 0.496 e. The van der Waals surface area contributed by atoms with Gasteiger partial charge in [0.25, 0.3) is 5.56 Å². The first kappa shape index (κ1) is 37.3. The van der Waals surface area contributed by atoms with Crippen LogP contribution in [0.4, 0.5) is 17.6 Å². The fraction of sp³-hybridized carbons (Fsp3) is 0.457. The minimum Gasteiger partial charge on any atom is -0.496 e. The van der Waals surface area contributed by atoms with Crippen molar-refractivity contribution >= 4 is 11.9 Å². The fourth-order valence-electron chi connectivity index (χ4n) is 5.81. The van der Waals surface area contributed by atoms with E-state index in [9.17, 15) is 32.7 Å². The van der Waals surface area contributed by atoms with Gasteiger partial charge in [-0.05, 0) is 105 Å². The SMILES string of the molecule is COc1ccc(C)c(-c2cc(C)c(F)c(C(CC(=O)O)NC(=O)C(CC(C)C)n3cc(CCN(C)C)c(C(F)(F)F)cc3=O)c2)c1C. The molecule has 12 heteroatoms. The van der Waals surface area contributed by atoms with Crippen LogP contribution in [0.2, 0.25) is 0 Å². The molecule has 3 aromatic rings. The van der Waals surface area contributed by atoms with E-state index in [1.54, 1.807) is 38.9 Å². The molecule has 0 saturated carbocycles. The van der Waals surface area contributed by atoms with Crippen LogP contribution in [0.3, 0.4) is 0 Å². The van der Waals surface area contributed by atoms with Crippen LogP contribution in [0.25, 0.3) is 11.1 Å². The molecular weight excluding hydrogens is 618 g/mol. The molecule has 0 aliphatic carbocycles. The summed E-state index contributed by atoms with van der Waals surface area (Å²) in [7, 11) is 4.93. The van der Waals surface area contributed by atoms with E-state index in [1.807, 2.05) is 26.0 Å². The number of pyridine rings is 1. The number of alkyl halides is 3. The zero-order valence-electron chi connectivity index (χ0n) is 28.0. The Bertz CT molecular complexity index is 1680. The van der Waals surface area contributed by atoms with Crippen molar-refractivity contribution in [3.05, 3.63) is 86.1 Å². The van der Waals surface area contributed by atoms with E-state index >= 15 is 4.39 Å². The fourth-order valence-corrected chi connectivity index (χ4v) is 5.81. The number of carbonyl (C=O) groups is 2. The Morgan fingerprint density at radius 2 is 1.72 bits per heavy atom. The van der Waals surface area contributed by atoms with Gasteiger partial charge in [-0.25, -0.2) is 4.39 Å². The number of hydrogen-bond acceptors (Lipinski definition) is 5. The summed E-state index contributed by atoms with van der Waals surface area (Å²) in [6.07, 6.45) is -4.41. The van der Waals surface area contributed by atoms with E-state index in [1.165, 1.54) is 20.1 Å². The number of benzene rings is 2. The molecule has 0 aliphatic rings. The van der Waals surface area contributed by atoms with Crippen molar-refractivity contribution in [3.63, 3.8) is 0 Å². The summed E-state index contributed by atoms with van der Waals surface area (Å²) in [6, 6.07) is 4.61. The van der Waals surface area contributed by atoms with Gasteiger partial charge in [-0.15, -0.1) is 0 Å². The molecule has 1 heterocycles. The van der Waals surface area contributed by atoms with Gasteiger partial charge in [0.05, 0.1) is 25.1 Å². The van der Waals surface area contributed by atoms with Crippen LogP contribution in [0.15, 0.2) is 41.3 Å². The lowest BCUT2D eigenvalue weighted by Crippen LogP contribution is -2.41. The summed E-state index contributed by atoms with van der Waals surface area (Å²) in [5, 5.41) is 12.4. The number of aromatic nitrogens is 1. The van der Waals surface area contributed by atoms with E-state index in [4.69, 9.17) is 4.74 Å². The average molecular weight is 662 g/mol. The van der Waals surface area contributed by atoms with E-state index in [-0.39, 0.29) is 42.0 Å². The molecule has 2 atom stereocenters. The van der Waals surface area contributed by atoms with E-state index in [0.717, 1.165) is 27.5 Å². The molecule has 1 amide bonds. The first-order valence-electron chi connectivity index (χ1n) is 15.3. The Morgan fingerprint density at radius 1 is 1.06 bits per heavy atom. The smallest absolute Gasteiger partial charge is 0.416 e. The second-order valence-corrected chi connectivity index (χ2v) is 12.6. The lowest BCUT2D eigenvalue weighted by atomic mass is 9.90. The molecule has 8 nitrogen and oxygen atoms in total. The molecule has 47 heavy (non-hydrogen) atoms. The molecule has 0 fully saturated rings. The summed E-state index contributed by atoms with van der Waals surface area (Å²) >= 11 is 0. The number of nitrogens with one attached hydrogen (secondary N) is 1. The summed E-state index contributed by atoms with van der Waals surface area (Å²) < 4.78 is 64.0. The number of hydrogen-bond donors (Lipinski definition) is 2. The van der Waals surface area contributed by atoms with E-state index in [0.29, 0.717) is 17.4 Å². The number of rotatable bonds is 13. The van der Waals surface area contributed by atoms with Crippen molar-refractivity contribution in [2.24, 2.45) is 5.92 Å². The number of carboxylic acids is 1. The minimum atomic E-state index is -4.79. The highest BCUT2D eigenvalue weighted by Crippen LogP contribution is 2.37. The first-order valence-corrected chi connectivity index (χ1v) is 15.3. The second kappa shape index (κ2) is 15.1. The van der Waals surface area contributed by atoms with Crippen LogP contribution in [0.5, 0.6) is 5.75 Å². The third-order valence-corrected chi connectivity index (χ3v) is 8.12. The average Bonchev–Trinajstić information content (AvgIpc) is 2.95. The van der Waals surface area contributed by atoms with Crippen LogP contribution in [-0.2, 0) is 22.2 Å². The quantitative estimate of drug-likeness (QED) is 0.200. The maximum Gasteiger partial charge on any atom is 0.416 e. The summed E-state index contributed by atoms with van der Waals surface area (Å²) in [6.45, 7) is 9.07. The predicted molar refractivity (Wildman–Crippen MR) is 172 cm³/mol. The number of ether oxygens (including phenoxy) is 1. The van der Waals surface area contributed by atoms with Crippen molar-refractivity contribution in [2.45, 2.75) is 72.1 Å². The molecule has 0 aliphatic heterocycles. The van der Waals surface area contributed by atoms with Gasteiger partial charge >= 0.3 is 12.1 Å². The zero-order chi connectivity index (χ0) is 35.4. The van der Waals surface area contributed by atoms with Crippen molar-refractivity contribution < 1.29 is 37.0 Å². The van der Waals surface area contributed by atoms with Crippen molar-refractivity contribution in [2.75, 3.05) is 27.7 Å². The van der Waals surface area contributed by atoms with Crippen LogP contribution in [0, 0.1) is 32.5 Å². The van der Waals surface area contributed by atoms with Crippen LogP contribution in [0.1, 0.15) is 72.2 Å². The van der Waals surface area contributed by atoms with Gasteiger partial charge in [-0.1, -0.05) is 19.9 Å². The predicted octanol–water partition coefficient (Wildman–Crippen LogP) is 6.63. The Balaban J connectivity index is 2.16.